The molecule has 3 nitrogen and oxygen atoms in total. The average molecular weight is 186 g/mol. The quantitative estimate of drug-likeness (QED) is 0.677. The molecule has 0 aliphatic heterocycles. The SMILES string of the molecule is COC(=O)C[C@@H](O)CC1CCCC1. The highest BCUT2D eigenvalue weighted by atomic mass is 16.5. The van der Waals surface area contributed by atoms with Crippen LogP contribution in [-0.4, -0.2) is 24.3 Å². The Morgan fingerprint density at radius 3 is 2.69 bits per heavy atom. The van der Waals surface area contributed by atoms with Crippen LogP contribution in [0.3, 0.4) is 0 Å². The highest BCUT2D eigenvalue weighted by Crippen LogP contribution is 2.29. The van der Waals surface area contributed by atoms with Gasteiger partial charge in [-0.3, -0.25) is 4.79 Å². The highest BCUT2D eigenvalue weighted by molar-refractivity contribution is 5.69. The number of hydrogen-bond donors (Lipinski definition) is 1. The fraction of sp³-hybridized carbons (Fsp3) is 0.900. The van der Waals surface area contributed by atoms with E-state index < -0.39 is 6.10 Å². The van der Waals surface area contributed by atoms with Gasteiger partial charge < -0.3 is 9.84 Å². The zero-order chi connectivity index (χ0) is 9.68. The summed E-state index contributed by atoms with van der Waals surface area (Å²) in [5, 5.41) is 9.51. The number of methoxy groups -OCH3 is 1. The number of carbonyl (C=O) groups is 1. The molecule has 1 N–H and O–H groups in total. The van der Waals surface area contributed by atoms with Crippen LogP contribution in [0.25, 0.3) is 0 Å². The second-order valence-electron chi connectivity index (χ2n) is 3.82. The van der Waals surface area contributed by atoms with E-state index in [9.17, 15) is 9.90 Å². The van der Waals surface area contributed by atoms with Crippen molar-refractivity contribution in [2.24, 2.45) is 5.92 Å². The van der Waals surface area contributed by atoms with E-state index in [-0.39, 0.29) is 12.4 Å². The predicted molar refractivity (Wildman–Crippen MR) is 49.2 cm³/mol. The lowest BCUT2D eigenvalue weighted by atomic mass is 9.98. The van der Waals surface area contributed by atoms with Gasteiger partial charge in [0.1, 0.15) is 0 Å². The molecule has 0 aromatic rings. The lowest BCUT2D eigenvalue weighted by molar-refractivity contribution is -0.143. The lowest BCUT2D eigenvalue weighted by Crippen LogP contribution is -2.17. The first-order chi connectivity index (χ1) is 6.22. The first-order valence-corrected chi connectivity index (χ1v) is 4.97. The van der Waals surface area contributed by atoms with Crippen molar-refractivity contribution in [1.82, 2.24) is 0 Å². The molecule has 0 aromatic carbocycles. The van der Waals surface area contributed by atoms with Crippen LogP contribution >= 0.6 is 0 Å². The summed E-state index contributed by atoms with van der Waals surface area (Å²) in [5.41, 5.74) is 0. The smallest absolute Gasteiger partial charge is 0.308 e. The average Bonchev–Trinajstić information content (AvgIpc) is 2.56. The van der Waals surface area contributed by atoms with Crippen molar-refractivity contribution in [3.63, 3.8) is 0 Å². The monoisotopic (exact) mass is 186 g/mol. The van der Waals surface area contributed by atoms with E-state index in [4.69, 9.17) is 0 Å². The van der Waals surface area contributed by atoms with Crippen molar-refractivity contribution in [2.75, 3.05) is 7.11 Å². The van der Waals surface area contributed by atoms with Gasteiger partial charge in [0.05, 0.1) is 19.6 Å². The van der Waals surface area contributed by atoms with E-state index in [2.05, 4.69) is 4.74 Å². The fourth-order valence-electron chi connectivity index (χ4n) is 1.99. The maximum Gasteiger partial charge on any atom is 0.308 e. The Morgan fingerprint density at radius 2 is 2.15 bits per heavy atom. The van der Waals surface area contributed by atoms with E-state index in [1.54, 1.807) is 0 Å². The predicted octanol–water partition coefficient (Wildman–Crippen LogP) is 1.49. The zero-order valence-electron chi connectivity index (χ0n) is 8.16. The minimum absolute atomic E-state index is 0.146. The molecule has 1 saturated carbocycles. The summed E-state index contributed by atoms with van der Waals surface area (Å²) in [5.74, 6) is 0.310. The molecule has 3 heteroatoms. The van der Waals surface area contributed by atoms with Crippen LogP contribution in [-0.2, 0) is 9.53 Å². The van der Waals surface area contributed by atoms with Gasteiger partial charge in [-0.15, -0.1) is 0 Å². The van der Waals surface area contributed by atoms with Gasteiger partial charge in [-0.2, -0.15) is 0 Å². The Labute approximate surface area is 79.1 Å². The normalized spacial score (nSPS) is 20.2. The maximum absolute atomic E-state index is 10.8. The van der Waals surface area contributed by atoms with Gasteiger partial charge in [0.25, 0.3) is 0 Å². The molecular formula is C10H18O3. The number of aliphatic hydroxyl groups is 1. The van der Waals surface area contributed by atoms with Gasteiger partial charge in [0.2, 0.25) is 0 Å². The van der Waals surface area contributed by atoms with Crippen molar-refractivity contribution in [3.05, 3.63) is 0 Å². The van der Waals surface area contributed by atoms with Gasteiger partial charge in [0, 0.05) is 0 Å². The number of aliphatic hydroxyl groups excluding tert-OH is 1. The Kier molecular flexibility index (Phi) is 4.22. The van der Waals surface area contributed by atoms with E-state index in [0.29, 0.717) is 5.92 Å². The van der Waals surface area contributed by atoms with Gasteiger partial charge in [-0.05, 0) is 12.3 Å². The Balaban J connectivity index is 2.16. The second-order valence-corrected chi connectivity index (χ2v) is 3.82. The van der Waals surface area contributed by atoms with Crippen LogP contribution in [0.1, 0.15) is 38.5 Å². The van der Waals surface area contributed by atoms with E-state index >= 15 is 0 Å². The lowest BCUT2D eigenvalue weighted by Gasteiger charge is -2.13. The van der Waals surface area contributed by atoms with Crippen LogP contribution in [0.2, 0.25) is 0 Å². The van der Waals surface area contributed by atoms with Gasteiger partial charge in [0.15, 0.2) is 0 Å². The van der Waals surface area contributed by atoms with Crippen molar-refractivity contribution in [2.45, 2.75) is 44.6 Å². The molecule has 76 valence electrons. The molecule has 0 radical (unpaired) electrons. The molecule has 0 amide bonds. The van der Waals surface area contributed by atoms with Crippen molar-refractivity contribution in [1.29, 1.82) is 0 Å². The summed E-state index contributed by atoms with van der Waals surface area (Å²) in [7, 11) is 1.35. The molecule has 1 atom stereocenters. The molecular weight excluding hydrogens is 168 g/mol. The van der Waals surface area contributed by atoms with E-state index in [1.807, 2.05) is 0 Å². The third-order valence-electron chi connectivity index (χ3n) is 2.71. The topological polar surface area (TPSA) is 46.5 Å². The van der Waals surface area contributed by atoms with Crippen molar-refractivity contribution in [3.8, 4) is 0 Å². The second kappa shape index (κ2) is 5.22. The van der Waals surface area contributed by atoms with Crippen LogP contribution < -0.4 is 0 Å². The van der Waals surface area contributed by atoms with Gasteiger partial charge in [-0.25, -0.2) is 0 Å². The van der Waals surface area contributed by atoms with Crippen molar-refractivity contribution < 1.29 is 14.6 Å². The van der Waals surface area contributed by atoms with Gasteiger partial charge >= 0.3 is 5.97 Å². The van der Waals surface area contributed by atoms with Gasteiger partial charge in [-0.1, -0.05) is 25.7 Å². The minimum atomic E-state index is -0.504. The molecule has 1 fully saturated rings. The molecule has 0 heterocycles. The maximum atomic E-state index is 10.8. The fourth-order valence-corrected chi connectivity index (χ4v) is 1.99. The first kappa shape index (κ1) is 10.5. The molecule has 1 rings (SSSR count). The van der Waals surface area contributed by atoms with Crippen molar-refractivity contribution >= 4 is 5.97 Å². The molecule has 13 heavy (non-hydrogen) atoms. The number of esters is 1. The third-order valence-corrected chi connectivity index (χ3v) is 2.71. The molecule has 0 spiro atoms. The van der Waals surface area contributed by atoms with Crippen LogP contribution in [0.15, 0.2) is 0 Å². The Morgan fingerprint density at radius 1 is 1.54 bits per heavy atom. The molecule has 0 bridgehead atoms. The van der Waals surface area contributed by atoms with Crippen LogP contribution in [0.5, 0.6) is 0 Å². The van der Waals surface area contributed by atoms with E-state index in [1.165, 1.54) is 32.8 Å². The number of rotatable bonds is 4. The number of ether oxygens (including phenoxy) is 1. The largest absolute Gasteiger partial charge is 0.469 e. The molecule has 1 aliphatic carbocycles. The Bertz CT molecular complexity index is 162. The first-order valence-electron chi connectivity index (χ1n) is 4.97. The van der Waals surface area contributed by atoms with Crippen LogP contribution in [0.4, 0.5) is 0 Å². The summed E-state index contributed by atoms with van der Waals surface area (Å²) in [4.78, 5) is 10.8. The molecule has 0 saturated heterocycles. The van der Waals surface area contributed by atoms with E-state index in [0.717, 1.165) is 6.42 Å². The molecule has 1 aliphatic rings. The summed E-state index contributed by atoms with van der Waals surface area (Å²) in [6.07, 6.45) is 5.36. The summed E-state index contributed by atoms with van der Waals surface area (Å²) < 4.78 is 4.49. The molecule has 0 unspecified atom stereocenters. The summed E-state index contributed by atoms with van der Waals surface area (Å²) in [6.45, 7) is 0. The summed E-state index contributed by atoms with van der Waals surface area (Å²) >= 11 is 0. The highest BCUT2D eigenvalue weighted by Gasteiger charge is 2.20. The van der Waals surface area contributed by atoms with Crippen LogP contribution in [0, 0.1) is 5.92 Å². The number of carbonyl (C=O) groups excluding carboxylic acids is 1. The minimum Gasteiger partial charge on any atom is -0.469 e. The third kappa shape index (κ3) is 3.77. The standard InChI is InChI=1S/C10H18O3/c1-13-10(12)7-9(11)6-8-4-2-3-5-8/h8-9,11H,2-7H2,1H3/t9-/m0/s1. The Hall–Kier alpha value is -0.570. The zero-order valence-corrected chi connectivity index (χ0v) is 8.16. The summed E-state index contributed by atoms with van der Waals surface area (Å²) in [6, 6.07) is 0. The number of hydrogen-bond acceptors (Lipinski definition) is 3. The molecule has 0 aromatic heterocycles.